The standard InChI is InChI=1S/C28H22F5N3O2S/c1-4-38-26-19(15(2)3)9-17(13-35-26)24-7-8-25(39-24)23-11-21(28(31,32)33)20(12-34)27(37)36(23)14-16-5-6-18(29)10-22(16)30/h5-11,13,15H,4,14H2,1-3H3. The molecular weight excluding hydrogens is 537 g/mol. The molecule has 0 atom stereocenters. The molecule has 0 aliphatic heterocycles. The van der Waals surface area contributed by atoms with Crippen molar-refractivity contribution >= 4 is 11.3 Å². The lowest BCUT2D eigenvalue weighted by molar-refractivity contribution is -0.137. The van der Waals surface area contributed by atoms with Gasteiger partial charge in [-0.1, -0.05) is 19.9 Å². The zero-order chi connectivity index (χ0) is 28.5. The zero-order valence-electron chi connectivity index (χ0n) is 21.1. The largest absolute Gasteiger partial charge is 0.478 e. The minimum absolute atomic E-state index is 0.0853. The quantitative estimate of drug-likeness (QED) is 0.222. The highest BCUT2D eigenvalue weighted by Crippen LogP contribution is 2.39. The molecule has 4 rings (SSSR count). The van der Waals surface area contributed by atoms with Crippen molar-refractivity contribution < 1.29 is 26.7 Å². The van der Waals surface area contributed by atoms with Crippen LogP contribution in [-0.4, -0.2) is 16.2 Å². The van der Waals surface area contributed by atoms with Crippen molar-refractivity contribution in [1.29, 1.82) is 5.26 Å². The average Bonchev–Trinajstić information content (AvgIpc) is 3.36. The molecule has 0 unspecified atom stereocenters. The lowest BCUT2D eigenvalue weighted by atomic mass is 10.0. The molecule has 0 fully saturated rings. The van der Waals surface area contributed by atoms with E-state index in [1.807, 2.05) is 26.8 Å². The van der Waals surface area contributed by atoms with Crippen molar-refractivity contribution in [3.63, 3.8) is 0 Å². The smallest absolute Gasteiger partial charge is 0.417 e. The Balaban J connectivity index is 1.90. The average molecular weight is 560 g/mol. The van der Waals surface area contributed by atoms with E-state index in [4.69, 9.17) is 4.74 Å². The fourth-order valence-electron chi connectivity index (χ4n) is 4.06. The van der Waals surface area contributed by atoms with Crippen molar-refractivity contribution in [2.45, 2.75) is 39.4 Å². The summed E-state index contributed by atoms with van der Waals surface area (Å²) in [4.78, 5) is 18.5. The number of nitrogens with zero attached hydrogens (tertiary/aromatic N) is 3. The number of nitriles is 1. The molecule has 3 heterocycles. The minimum atomic E-state index is -4.98. The Bertz CT molecular complexity index is 1630. The first-order valence-electron chi connectivity index (χ1n) is 11.9. The van der Waals surface area contributed by atoms with E-state index in [0.29, 0.717) is 35.1 Å². The Kier molecular flexibility index (Phi) is 7.88. The number of pyridine rings is 2. The third-order valence-corrected chi connectivity index (χ3v) is 7.14. The second-order valence-corrected chi connectivity index (χ2v) is 10.0. The van der Waals surface area contributed by atoms with Gasteiger partial charge >= 0.3 is 6.18 Å². The van der Waals surface area contributed by atoms with Gasteiger partial charge in [0.1, 0.15) is 23.3 Å². The summed E-state index contributed by atoms with van der Waals surface area (Å²) < 4.78 is 75.9. The van der Waals surface area contributed by atoms with Gasteiger partial charge in [0.2, 0.25) is 5.88 Å². The molecule has 4 aromatic rings. The number of halogens is 5. The number of hydrogen-bond donors (Lipinski definition) is 0. The topological polar surface area (TPSA) is 67.9 Å². The van der Waals surface area contributed by atoms with Crippen molar-refractivity contribution in [3.05, 3.63) is 92.9 Å². The van der Waals surface area contributed by atoms with Gasteiger partial charge in [0.25, 0.3) is 5.56 Å². The normalized spacial score (nSPS) is 11.6. The van der Waals surface area contributed by atoms with Crippen LogP contribution in [0, 0.1) is 23.0 Å². The SMILES string of the molecule is CCOc1ncc(-c2ccc(-c3cc(C(F)(F)F)c(C#N)c(=O)n3Cc3ccc(F)cc3F)s2)cc1C(C)C. The van der Waals surface area contributed by atoms with Crippen molar-refractivity contribution in [1.82, 2.24) is 9.55 Å². The van der Waals surface area contributed by atoms with Crippen molar-refractivity contribution in [2.75, 3.05) is 6.61 Å². The first-order chi connectivity index (χ1) is 18.4. The van der Waals surface area contributed by atoms with Crippen LogP contribution in [0.25, 0.3) is 21.0 Å². The molecule has 0 aliphatic rings. The zero-order valence-corrected chi connectivity index (χ0v) is 21.9. The van der Waals surface area contributed by atoms with Crippen LogP contribution < -0.4 is 10.3 Å². The molecular formula is C28H22F5N3O2S. The fourth-order valence-corrected chi connectivity index (χ4v) is 5.08. The van der Waals surface area contributed by atoms with Crippen molar-refractivity contribution in [2.24, 2.45) is 0 Å². The Morgan fingerprint density at radius 1 is 1.10 bits per heavy atom. The van der Waals surface area contributed by atoms with E-state index in [2.05, 4.69) is 4.98 Å². The number of thiophene rings is 1. The molecule has 0 amide bonds. The Morgan fingerprint density at radius 2 is 1.82 bits per heavy atom. The van der Waals surface area contributed by atoms with E-state index in [0.717, 1.165) is 33.6 Å². The van der Waals surface area contributed by atoms with Gasteiger partial charge in [-0.2, -0.15) is 18.4 Å². The molecule has 0 radical (unpaired) electrons. The highest BCUT2D eigenvalue weighted by molar-refractivity contribution is 7.18. The molecule has 5 nitrogen and oxygen atoms in total. The maximum Gasteiger partial charge on any atom is 0.417 e. The molecule has 1 aromatic carbocycles. The monoisotopic (exact) mass is 559 g/mol. The molecule has 0 N–H and O–H groups in total. The fraction of sp³-hybridized carbons (Fsp3) is 0.250. The summed E-state index contributed by atoms with van der Waals surface area (Å²) in [6, 6.07) is 9.86. The summed E-state index contributed by atoms with van der Waals surface area (Å²) in [5.41, 5.74) is -2.46. The van der Waals surface area contributed by atoms with Crippen LogP contribution in [0.3, 0.4) is 0 Å². The number of ether oxygens (including phenoxy) is 1. The number of rotatable bonds is 7. The molecule has 0 saturated heterocycles. The van der Waals surface area contributed by atoms with Gasteiger partial charge in [0.05, 0.1) is 29.3 Å². The molecule has 0 spiro atoms. The van der Waals surface area contributed by atoms with Gasteiger partial charge in [-0.05, 0) is 43.2 Å². The second-order valence-electron chi connectivity index (χ2n) is 8.92. The molecule has 0 aliphatic carbocycles. The van der Waals surface area contributed by atoms with Crippen molar-refractivity contribution in [3.8, 4) is 33.0 Å². The van der Waals surface area contributed by atoms with Crippen LogP contribution >= 0.6 is 11.3 Å². The van der Waals surface area contributed by atoms with Crippen LogP contribution in [0.1, 0.15) is 48.9 Å². The molecule has 202 valence electrons. The van der Waals surface area contributed by atoms with E-state index in [9.17, 15) is 32.0 Å². The predicted octanol–water partition coefficient (Wildman–Crippen LogP) is 7.38. The number of alkyl halides is 3. The first kappa shape index (κ1) is 28.0. The van der Waals surface area contributed by atoms with Gasteiger partial charge in [0, 0.05) is 33.8 Å². The molecule has 11 heteroatoms. The van der Waals surface area contributed by atoms with E-state index in [1.165, 1.54) is 6.07 Å². The Morgan fingerprint density at radius 3 is 2.44 bits per heavy atom. The van der Waals surface area contributed by atoms with Crippen LogP contribution in [0.5, 0.6) is 5.88 Å². The number of benzene rings is 1. The van der Waals surface area contributed by atoms with E-state index >= 15 is 0 Å². The second kappa shape index (κ2) is 11.0. The van der Waals surface area contributed by atoms with E-state index in [-0.39, 0.29) is 22.1 Å². The third kappa shape index (κ3) is 5.71. The van der Waals surface area contributed by atoms with Gasteiger partial charge in [0.15, 0.2) is 0 Å². The molecule has 3 aromatic heterocycles. The highest BCUT2D eigenvalue weighted by atomic mass is 32.1. The Hall–Kier alpha value is -4.04. The van der Waals surface area contributed by atoms with Crippen LogP contribution in [0.15, 0.2) is 53.5 Å². The van der Waals surface area contributed by atoms with Crippen LogP contribution in [0.4, 0.5) is 22.0 Å². The molecule has 0 saturated carbocycles. The lowest BCUT2D eigenvalue weighted by Crippen LogP contribution is -2.28. The molecule has 0 bridgehead atoms. The summed E-state index contributed by atoms with van der Waals surface area (Å²) in [6.07, 6.45) is -3.39. The van der Waals surface area contributed by atoms with Crippen LogP contribution in [-0.2, 0) is 12.7 Å². The predicted molar refractivity (Wildman–Crippen MR) is 138 cm³/mol. The number of aromatic nitrogens is 2. The minimum Gasteiger partial charge on any atom is -0.478 e. The first-order valence-corrected chi connectivity index (χ1v) is 12.7. The van der Waals surface area contributed by atoms with Gasteiger partial charge in [-0.25, -0.2) is 13.8 Å². The highest BCUT2D eigenvalue weighted by Gasteiger charge is 2.37. The summed E-state index contributed by atoms with van der Waals surface area (Å²) in [5, 5.41) is 9.39. The number of hydrogen-bond acceptors (Lipinski definition) is 5. The summed E-state index contributed by atoms with van der Waals surface area (Å²) in [6.45, 7) is 5.72. The lowest BCUT2D eigenvalue weighted by Gasteiger charge is -2.17. The van der Waals surface area contributed by atoms with E-state index < -0.39 is 41.0 Å². The Labute approximate surface area is 224 Å². The van der Waals surface area contributed by atoms with Gasteiger partial charge < -0.3 is 9.30 Å². The molecule has 39 heavy (non-hydrogen) atoms. The third-order valence-electron chi connectivity index (χ3n) is 5.99. The van der Waals surface area contributed by atoms with Crippen LogP contribution in [0.2, 0.25) is 0 Å². The summed E-state index contributed by atoms with van der Waals surface area (Å²) in [7, 11) is 0. The van der Waals surface area contributed by atoms with Gasteiger partial charge in [-0.3, -0.25) is 4.79 Å². The summed E-state index contributed by atoms with van der Waals surface area (Å²) in [5.74, 6) is -1.24. The summed E-state index contributed by atoms with van der Waals surface area (Å²) >= 11 is 1.11. The maximum absolute atomic E-state index is 14.5. The van der Waals surface area contributed by atoms with Gasteiger partial charge in [-0.15, -0.1) is 11.3 Å². The maximum atomic E-state index is 14.5. The van der Waals surface area contributed by atoms with E-state index in [1.54, 1.807) is 18.3 Å².